The van der Waals surface area contributed by atoms with Gasteiger partial charge in [-0.25, -0.2) is 0 Å². The summed E-state index contributed by atoms with van der Waals surface area (Å²) >= 11 is 0. The first-order valence-electron chi connectivity index (χ1n) is 6.32. The fourth-order valence-electron chi connectivity index (χ4n) is 1.72. The van der Waals surface area contributed by atoms with Crippen LogP contribution in [-0.2, 0) is 13.0 Å². The number of benzene rings is 1. The third kappa shape index (κ3) is 3.32. The highest BCUT2D eigenvalue weighted by molar-refractivity contribution is 5.36. The van der Waals surface area contributed by atoms with Gasteiger partial charge in [0.25, 0.3) is 5.89 Å². The molecule has 0 unspecified atom stereocenters. The number of aliphatic hydroxyl groups excluding tert-OH is 1. The minimum absolute atomic E-state index is 0.252. The number of hydrogen-bond acceptors (Lipinski definition) is 5. The molecule has 0 spiro atoms. The van der Waals surface area contributed by atoms with Crippen LogP contribution in [0.15, 0.2) is 22.6 Å². The molecule has 0 saturated heterocycles. The van der Waals surface area contributed by atoms with E-state index in [1.54, 1.807) is 6.92 Å². The third-order valence-electron chi connectivity index (χ3n) is 2.84. The molecule has 0 aliphatic carbocycles. The van der Waals surface area contributed by atoms with Crippen LogP contribution in [0.2, 0.25) is 0 Å². The van der Waals surface area contributed by atoms with Crippen molar-refractivity contribution in [3.63, 3.8) is 0 Å². The summed E-state index contributed by atoms with van der Waals surface area (Å²) < 4.78 is 11.0. The summed E-state index contributed by atoms with van der Waals surface area (Å²) in [4.78, 5) is 0. The second-order valence-corrected chi connectivity index (χ2v) is 4.43. The highest BCUT2D eigenvalue weighted by Crippen LogP contribution is 2.23. The van der Waals surface area contributed by atoms with Gasteiger partial charge >= 0.3 is 0 Å². The molecule has 0 aliphatic rings. The predicted molar refractivity (Wildman–Crippen MR) is 69.8 cm³/mol. The molecule has 2 aromatic rings. The van der Waals surface area contributed by atoms with Crippen LogP contribution in [0.5, 0.6) is 5.75 Å². The van der Waals surface area contributed by atoms with Crippen LogP contribution in [0.25, 0.3) is 0 Å². The van der Waals surface area contributed by atoms with Crippen LogP contribution in [0.4, 0.5) is 0 Å². The van der Waals surface area contributed by atoms with Gasteiger partial charge in [0.2, 0.25) is 5.89 Å². The quantitative estimate of drug-likeness (QED) is 0.896. The van der Waals surface area contributed by atoms with E-state index in [-0.39, 0.29) is 6.61 Å². The van der Waals surface area contributed by atoms with Crippen molar-refractivity contribution in [2.45, 2.75) is 39.9 Å². The Bertz CT molecular complexity index is 549. The lowest BCUT2D eigenvalue weighted by Gasteiger charge is -2.10. The number of aryl methyl sites for hydroxylation is 2. The Morgan fingerprint density at radius 2 is 2.05 bits per heavy atom. The normalized spacial score (nSPS) is 12.4. The molecule has 0 fully saturated rings. The molecular formula is C14H18N2O3. The van der Waals surface area contributed by atoms with Crippen molar-refractivity contribution in [3.05, 3.63) is 41.1 Å². The molecule has 0 bridgehead atoms. The molecule has 5 heteroatoms. The van der Waals surface area contributed by atoms with Gasteiger partial charge in [0.05, 0.1) is 6.10 Å². The van der Waals surface area contributed by atoms with Gasteiger partial charge < -0.3 is 14.3 Å². The summed E-state index contributed by atoms with van der Waals surface area (Å²) in [5, 5.41) is 17.3. The van der Waals surface area contributed by atoms with Crippen molar-refractivity contribution in [3.8, 4) is 5.75 Å². The first-order chi connectivity index (χ1) is 9.10. The van der Waals surface area contributed by atoms with E-state index in [0.717, 1.165) is 23.3 Å². The van der Waals surface area contributed by atoms with Gasteiger partial charge in [-0.3, -0.25) is 0 Å². The van der Waals surface area contributed by atoms with Gasteiger partial charge in [0, 0.05) is 6.42 Å². The fourth-order valence-corrected chi connectivity index (χ4v) is 1.72. The molecular weight excluding hydrogens is 244 g/mol. The number of hydrogen-bond donors (Lipinski definition) is 1. The van der Waals surface area contributed by atoms with Crippen LogP contribution in [0.3, 0.4) is 0 Å². The summed E-state index contributed by atoms with van der Waals surface area (Å²) in [7, 11) is 0. The predicted octanol–water partition coefficient (Wildman–Crippen LogP) is 2.57. The number of ether oxygens (including phenoxy) is 1. The van der Waals surface area contributed by atoms with Gasteiger partial charge in [0.15, 0.2) is 6.61 Å². The van der Waals surface area contributed by atoms with Gasteiger partial charge in [0.1, 0.15) is 5.75 Å². The van der Waals surface area contributed by atoms with Crippen LogP contribution >= 0.6 is 0 Å². The maximum absolute atomic E-state index is 9.50. The highest BCUT2D eigenvalue weighted by atomic mass is 16.5. The summed E-state index contributed by atoms with van der Waals surface area (Å²) in [6.07, 6.45) is 0.241. The average molecular weight is 262 g/mol. The molecule has 19 heavy (non-hydrogen) atoms. The lowest BCUT2D eigenvalue weighted by molar-refractivity contribution is 0.199. The molecule has 1 atom stereocenters. The minimum Gasteiger partial charge on any atom is -0.484 e. The van der Waals surface area contributed by atoms with E-state index in [0.29, 0.717) is 11.8 Å². The lowest BCUT2D eigenvalue weighted by Crippen LogP contribution is -1.99. The zero-order chi connectivity index (χ0) is 13.8. The third-order valence-corrected chi connectivity index (χ3v) is 2.84. The summed E-state index contributed by atoms with van der Waals surface area (Å²) in [5.41, 5.74) is 1.84. The van der Waals surface area contributed by atoms with Crippen LogP contribution in [0.1, 0.15) is 42.9 Å². The Balaban J connectivity index is 2.03. The minimum atomic E-state index is -0.476. The number of aromatic nitrogens is 2. The molecule has 0 saturated carbocycles. The van der Waals surface area contributed by atoms with E-state index in [2.05, 4.69) is 10.2 Å². The van der Waals surface area contributed by atoms with Gasteiger partial charge in [-0.05, 0) is 37.1 Å². The average Bonchev–Trinajstić information content (AvgIpc) is 2.85. The summed E-state index contributed by atoms with van der Waals surface area (Å²) in [5.74, 6) is 1.83. The van der Waals surface area contributed by atoms with E-state index < -0.39 is 6.10 Å². The largest absolute Gasteiger partial charge is 0.484 e. The molecule has 0 aliphatic heterocycles. The maximum Gasteiger partial charge on any atom is 0.253 e. The topological polar surface area (TPSA) is 68.4 Å². The molecule has 5 nitrogen and oxygen atoms in total. The second-order valence-electron chi connectivity index (χ2n) is 4.43. The van der Waals surface area contributed by atoms with E-state index >= 15 is 0 Å². The van der Waals surface area contributed by atoms with E-state index in [1.165, 1.54) is 0 Å². The van der Waals surface area contributed by atoms with Crippen molar-refractivity contribution in [2.75, 3.05) is 0 Å². The first kappa shape index (κ1) is 13.5. The van der Waals surface area contributed by atoms with Crippen molar-refractivity contribution in [1.29, 1.82) is 0 Å². The Morgan fingerprint density at radius 3 is 2.63 bits per heavy atom. The van der Waals surface area contributed by atoms with Crippen LogP contribution in [0, 0.1) is 6.92 Å². The Kier molecular flexibility index (Phi) is 4.16. The molecule has 1 aromatic heterocycles. The van der Waals surface area contributed by atoms with Crippen molar-refractivity contribution >= 4 is 0 Å². The SMILES string of the molecule is CCc1nnc(COc2ccc([C@@H](C)O)cc2C)o1. The monoisotopic (exact) mass is 262 g/mol. The second kappa shape index (κ2) is 5.84. The van der Waals surface area contributed by atoms with E-state index in [9.17, 15) is 5.11 Å². The Morgan fingerprint density at radius 1 is 1.32 bits per heavy atom. The highest BCUT2D eigenvalue weighted by Gasteiger charge is 2.08. The zero-order valence-electron chi connectivity index (χ0n) is 11.4. The van der Waals surface area contributed by atoms with Crippen molar-refractivity contribution in [1.82, 2.24) is 10.2 Å². The van der Waals surface area contributed by atoms with E-state index in [1.807, 2.05) is 32.0 Å². The molecule has 1 N–H and O–H groups in total. The zero-order valence-corrected chi connectivity index (χ0v) is 11.4. The molecule has 102 valence electrons. The molecule has 0 radical (unpaired) electrons. The maximum atomic E-state index is 9.50. The number of nitrogens with zero attached hydrogens (tertiary/aromatic N) is 2. The van der Waals surface area contributed by atoms with Gasteiger partial charge in [-0.2, -0.15) is 0 Å². The number of rotatable bonds is 5. The standard InChI is InChI=1S/C14H18N2O3/c1-4-13-15-16-14(19-13)8-18-12-6-5-11(10(3)17)7-9(12)2/h5-7,10,17H,4,8H2,1-3H3/t10-/m1/s1. The van der Waals surface area contributed by atoms with Crippen LogP contribution < -0.4 is 4.74 Å². The van der Waals surface area contributed by atoms with Crippen molar-refractivity contribution < 1.29 is 14.3 Å². The lowest BCUT2D eigenvalue weighted by atomic mass is 10.1. The smallest absolute Gasteiger partial charge is 0.253 e. The Hall–Kier alpha value is -1.88. The van der Waals surface area contributed by atoms with Crippen molar-refractivity contribution in [2.24, 2.45) is 0 Å². The molecule has 0 amide bonds. The molecule has 1 heterocycles. The Labute approximate surface area is 112 Å². The van der Waals surface area contributed by atoms with Gasteiger partial charge in [-0.1, -0.05) is 13.0 Å². The van der Waals surface area contributed by atoms with Crippen LogP contribution in [-0.4, -0.2) is 15.3 Å². The summed E-state index contributed by atoms with van der Waals surface area (Å²) in [6.45, 7) is 5.88. The summed E-state index contributed by atoms with van der Waals surface area (Å²) in [6, 6.07) is 5.60. The molecule has 2 rings (SSSR count). The molecule has 1 aromatic carbocycles. The number of aliphatic hydroxyl groups is 1. The first-order valence-corrected chi connectivity index (χ1v) is 6.32. The van der Waals surface area contributed by atoms with Gasteiger partial charge in [-0.15, -0.1) is 10.2 Å². The fraction of sp³-hybridized carbons (Fsp3) is 0.429. The van der Waals surface area contributed by atoms with E-state index in [4.69, 9.17) is 9.15 Å².